The van der Waals surface area contributed by atoms with E-state index >= 15 is 0 Å². The average molecular weight is 271 g/mol. The number of hydrogen-bond acceptors (Lipinski definition) is 3. The number of pyridine rings is 1. The standard InChI is InChI=1S/C15H17N3O2/c1-2-8-17-15(19)18-10-11-20-13-7-3-5-12-6-4-9-16-14(12)13/h2-7,9H,1,8,10-11H2,(H2,17,18,19). The largest absolute Gasteiger partial charge is 0.489 e. The van der Waals surface area contributed by atoms with E-state index in [1.807, 2.05) is 30.3 Å². The number of urea groups is 1. The van der Waals surface area contributed by atoms with E-state index < -0.39 is 0 Å². The molecule has 1 aromatic heterocycles. The van der Waals surface area contributed by atoms with Gasteiger partial charge in [0.25, 0.3) is 0 Å². The molecule has 2 amide bonds. The molecule has 0 saturated heterocycles. The molecular weight excluding hydrogens is 254 g/mol. The molecule has 5 nitrogen and oxygen atoms in total. The predicted octanol–water partition coefficient (Wildman–Crippen LogP) is 2.10. The van der Waals surface area contributed by atoms with Crippen molar-refractivity contribution in [3.63, 3.8) is 0 Å². The smallest absolute Gasteiger partial charge is 0.315 e. The highest BCUT2D eigenvalue weighted by atomic mass is 16.5. The second-order valence-electron chi connectivity index (χ2n) is 4.11. The Morgan fingerprint density at radius 1 is 1.30 bits per heavy atom. The van der Waals surface area contributed by atoms with Gasteiger partial charge in [0.1, 0.15) is 17.9 Å². The number of benzene rings is 1. The van der Waals surface area contributed by atoms with Crippen LogP contribution in [0.2, 0.25) is 0 Å². The third-order valence-corrected chi connectivity index (χ3v) is 2.65. The third kappa shape index (κ3) is 3.71. The lowest BCUT2D eigenvalue weighted by atomic mass is 10.2. The van der Waals surface area contributed by atoms with Crippen LogP contribution in [0.15, 0.2) is 49.2 Å². The highest BCUT2D eigenvalue weighted by Crippen LogP contribution is 2.22. The predicted molar refractivity (Wildman–Crippen MR) is 78.8 cm³/mol. The first-order valence-electron chi connectivity index (χ1n) is 6.40. The molecule has 0 aliphatic heterocycles. The van der Waals surface area contributed by atoms with Gasteiger partial charge >= 0.3 is 6.03 Å². The van der Waals surface area contributed by atoms with Gasteiger partial charge in [-0.2, -0.15) is 0 Å². The molecule has 2 rings (SSSR count). The Morgan fingerprint density at radius 2 is 2.15 bits per heavy atom. The number of carbonyl (C=O) groups is 1. The zero-order valence-corrected chi connectivity index (χ0v) is 11.1. The maximum Gasteiger partial charge on any atom is 0.315 e. The first-order valence-corrected chi connectivity index (χ1v) is 6.40. The van der Waals surface area contributed by atoms with Crippen molar-refractivity contribution < 1.29 is 9.53 Å². The Morgan fingerprint density at radius 3 is 3.00 bits per heavy atom. The lowest BCUT2D eigenvalue weighted by Crippen LogP contribution is -2.37. The summed E-state index contributed by atoms with van der Waals surface area (Å²) in [6.45, 7) is 4.78. The number of ether oxygens (including phenoxy) is 1. The summed E-state index contributed by atoms with van der Waals surface area (Å²) in [5.74, 6) is 0.719. The molecule has 0 atom stereocenters. The van der Waals surface area contributed by atoms with Crippen LogP contribution in [0.5, 0.6) is 5.75 Å². The van der Waals surface area contributed by atoms with Crippen molar-refractivity contribution in [2.24, 2.45) is 0 Å². The summed E-state index contributed by atoms with van der Waals surface area (Å²) in [6.07, 6.45) is 3.36. The van der Waals surface area contributed by atoms with Crippen LogP contribution in [0, 0.1) is 0 Å². The summed E-state index contributed by atoms with van der Waals surface area (Å²) in [5, 5.41) is 6.35. The Bertz CT molecular complexity index is 593. The molecule has 1 heterocycles. The van der Waals surface area contributed by atoms with E-state index in [0.717, 1.165) is 16.7 Å². The van der Waals surface area contributed by atoms with Gasteiger partial charge in [0.05, 0.1) is 6.54 Å². The summed E-state index contributed by atoms with van der Waals surface area (Å²) in [7, 11) is 0. The monoisotopic (exact) mass is 271 g/mol. The van der Waals surface area contributed by atoms with E-state index in [1.165, 1.54) is 0 Å². The van der Waals surface area contributed by atoms with Crippen LogP contribution >= 0.6 is 0 Å². The van der Waals surface area contributed by atoms with Gasteiger partial charge in [0, 0.05) is 18.1 Å². The van der Waals surface area contributed by atoms with Crippen molar-refractivity contribution in [1.82, 2.24) is 15.6 Å². The highest BCUT2D eigenvalue weighted by molar-refractivity contribution is 5.84. The van der Waals surface area contributed by atoms with E-state index in [1.54, 1.807) is 12.3 Å². The molecule has 0 aliphatic carbocycles. The summed E-state index contributed by atoms with van der Waals surface area (Å²) in [6, 6.07) is 9.41. The van der Waals surface area contributed by atoms with Gasteiger partial charge in [-0.3, -0.25) is 4.98 Å². The molecule has 0 aliphatic rings. The Hall–Kier alpha value is -2.56. The summed E-state index contributed by atoms with van der Waals surface area (Å²) in [4.78, 5) is 15.6. The number of carbonyl (C=O) groups excluding carboxylic acids is 1. The van der Waals surface area contributed by atoms with Gasteiger partial charge in [-0.1, -0.05) is 24.3 Å². The number of aromatic nitrogens is 1. The van der Waals surface area contributed by atoms with Gasteiger partial charge < -0.3 is 15.4 Å². The molecule has 0 unspecified atom stereocenters. The maximum absolute atomic E-state index is 11.3. The Kier molecular flexibility index (Phi) is 4.94. The van der Waals surface area contributed by atoms with Crippen molar-refractivity contribution in [2.75, 3.05) is 19.7 Å². The van der Waals surface area contributed by atoms with Crippen molar-refractivity contribution in [3.05, 3.63) is 49.2 Å². The topological polar surface area (TPSA) is 63.2 Å². The van der Waals surface area contributed by atoms with E-state index in [9.17, 15) is 4.79 Å². The van der Waals surface area contributed by atoms with Crippen LogP contribution < -0.4 is 15.4 Å². The van der Waals surface area contributed by atoms with Gasteiger partial charge in [-0.05, 0) is 12.1 Å². The average Bonchev–Trinajstić information content (AvgIpc) is 2.49. The Labute approximate surface area is 117 Å². The van der Waals surface area contributed by atoms with Crippen molar-refractivity contribution in [2.45, 2.75) is 0 Å². The van der Waals surface area contributed by atoms with E-state index in [0.29, 0.717) is 19.7 Å². The minimum absolute atomic E-state index is 0.232. The highest BCUT2D eigenvalue weighted by Gasteiger charge is 2.03. The minimum Gasteiger partial charge on any atom is -0.489 e. The molecule has 0 spiro atoms. The van der Waals surface area contributed by atoms with Crippen molar-refractivity contribution in [1.29, 1.82) is 0 Å². The zero-order valence-electron chi connectivity index (χ0n) is 11.1. The van der Waals surface area contributed by atoms with Crippen LogP contribution in [0.4, 0.5) is 4.79 Å². The molecule has 20 heavy (non-hydrogen) atoms. The summed E-state index contributed by atoms with van der Waals surface area (Å²) < 4.78 is 5.65. The summed E-state index contributed by atoms with van der Waals surface area (Å²) in [5.41, 5.74) is 0.825. The molecule has 0 bridgehead atoms. The SMILES string of the molecule is C=CCNC(=O)NCCOc1cccc2cccnc12. The third-order valence-electron chi connectivity index (χ3n) is 2.65. The number of nitrogens with zero attached hydrogens (tertiary/aromatic N) is 1. The van der Waals surface area contributed by atoms with Gasteiger partial charge in [-0.15, -0.1) is 6.58 Å². The van der Waals surface area contributed by atoms with E-state index in [-0.39, 0.29) is 6.03 Å². The molecular formula is C15H17N3O2. The molecule has 2 N–H and O–H groups in total. The fourth-order valence-electron chi connectivity index (χ4n) is 1.75. The number of para-hydroxylation sites is 1. The van der Waals surface area contributed by atoms with Crippen LogP contribution in [0.3, 0.4) is 0 Å². The number of fused-ring (bicyclic) bond motifs is 1. The minimum atomic E-state index is -0.232. The molecule has 0 saturated carbocycles. The van der Waals surface area contributed by atoms with Crippen LogP contribution in [0.1, 0.15) is 0 Å². The van der Waals surface area contributed by atoms with Crippen molar-refractivity contribution in [3.8, 4) is 5.75 Å². The summed E-state index contributed by atoms with van der Waals surface area (Å²) >= 11 is 0. The normalized spacial score (nSPS) is 10.0. The maximum atomic E-state index is 11.3. The van der Waals surface area contributed by atoms with Crippen LogP contribution in [-0.2, 0) is 0 Å². The fourth-order valence-corrected chi connectivity index (χ4v) is 1.75. The zero-order chi connectivity index (χ0) is 14.2. The van der Waals surface area contributed by atoms with Gasteiger partial charge in [0.2, 0.25) is 0 Å². The lowest BCUT2D eigenvalue weighted by molar-refractivity contribution is 0.237. The number of amides is 2. The molecule has 5 heteroatoms. The lowest BCUT2D eigenvalue weighted by Gasteiger charge is -2.09. The first kappa shape index (κ1) is 13.9. The number of nitrogens with one attached hydrogen (secondary N) is 2. The van der Waals surface area contributed by atoms with Crippen LogP contribution in [0.25, 0.3) is 10.9 Å². The number of hydrogen-bond donors (Lipinski definition) is 2. The first-order chi connectivity index (χ1) is 9.81. The fraction of sp³-hybridized carbons (Fsp3) is 0.200. The van der Waals surface area contributed by atoms with Crippen LogP contribution in [-0.4, -0.2) is 30.7 Å². The second-order valence-corrected chi connectivity index (χ2v) is 4.11. The van der Waals surface area contributed by atoms with Crippen molar-refractivity contribution >= 4 is 16.9 Å². The van der Waals surface area contributed by atoms with Gasteiger partial charge in [0.15, 0.2) is 0 Å². The number of rotatable bonds is 6. The van der Waals surface area contributed by atoms with Gasteiger partial charge in [-0.25, -0.2) is 4.79 Å². The molecule has 104 valence electrons. The second kappa shape index (κ2) is 7.13. The molecule has 0 radical (unpaired) electrons. The molecule has 1 aromatic carbocycles. The molecule has 2 aromatic rings. The van der Waals surface area contributed by atoms with E-state index in [4.69, 9.17) is 4.74 Å². The molecule has 0 fully saturated rings. The van der Waals surface area contributed by atoms with E-state index in [2.05, 4.69) is 22.2 Å². The quantitative estimate of drug-likeness (QED) is 0.624. The Balaban J connectivity index is 1.84.